The van der Waals surface area contributed by atoms with Crippen molar-refractivity contribution in [2.45, 2.75) is 51.9 Å². The van der Waals surface area contributed by atoms with Crippen molar-refractivity contribution >= 4 is 17.6 Å². The lowest BCUT2D eigenvalue weighted by Gasteiger charge is -2.28. The van der Waals surface area contributed by atoms with Crippen molar-refractivity contribution in [3.05, 3.63) is 29.8 Å². The van der Waals surface area contributed by atoms with Crippen molar-refractivity contribution in [3.63, 3.8) is 0 Å². The van der Waals surface area contributed by atoms with Gasteiger partial charge < -0.3 is 15.5 Å². The third kappa shape index (κ3) is 3.87. The maximum absolute atomic E-state index is 12.8. The monoisotopic (exact) mass is 357 g/mol. The zero-order valence-corrected chi connectivity index (χ0v) is 16.0. The van der Waals surface area contributed by atoms with E-state index in [0.29, 0.717) is 13.1 Å². The summed E-state index contributed by atoms with van der Waals surface area (Å²) in [7, 11) is 1.69. The van der Waals surface area contributed by atoms with E-state index in [-0.39, 0.29) is 23.3 Å². The van der Waals surface area contributed by atoms with Crippen LogP contribution in [0.15, 0.2) is 24.3 Å². The topological polar surface area (TPSA) is 61.4 Å². The molecular formula is C21H31N3O2. The molecule has 142 valence electrons. The molecular weight excluding hydrogens is 326 g/mol. The average Bonchev–Trinajstić information content (AvgIpc) is 3.28. The van der Waals surface area contributed by atoms with Gasteiger partial charge in [-0.3, -0.25) is 4.79 Å². The number of urea groups is 1. The Balaban J connectivity index is 1.64. The molecule has 2 aliphatic rings. The fourth-order valence-electron chi connectivity index (χ4n) is 4.58. The van der Waals surface area contributed by atoms with Crippen LogP contribution in [0.2, 0.25) is 0 Å². The van der Waals surface area contributed by atoms with Crippen LogP contribution in [0.25, 0.3) is 0 Å². The van der Waals surface area contributed by atoms with Gasteiger partial charge in [0.15, 0.2) is 0 Å². The molecule has 1 atom stereocenters. The molecule has 3 rings (SSSR count). The summed E-state index contributed by atoms with van der Waals surface area (Å²) >= 11 is 0. The smallest absolute Gasteiger partial charge is 0.321 e. The summed E-state index contributed by atoms with van der Waals surface area (Å²) in [5, 5.41) is 5.80. The number of amides is 3. The largest absolute Gasteiger partial charge is 0.359 e. The lowest BCUT2D eigenvalue weighted by Crippen LogP contribution is -2.38. The van der Waals surface area contributed by atoms with Crippen molar-refractivity contribution in [3.8, 4) is 0 Å². The first-order valence-corrected chi connectivity index (χ1v) is 9.94. The van der Waals surface area contributed by atoms with Gasteiger partial charge in [0.1, 0.15) is 0 Å². The molecule has 1 spiro atoms. The van der Waals surface area contributed by atoms with Gasteiger partial charge in [0.2, 0.25) is 5.91 Å². The molecule has 1 aromatic carbocycles. The van der Waals surface area contributed by atoms with Crippen LogP contribution >= 0.6 is 0 Å². The highest BCUT2D eigenvalue weighted by molar-refractivity contribution is 5.90. The number of aryl methyl sites for hydroxylation is 1. The van der Waals surface area contributed by atoms with Gasteiger partial charge >= 0.3 is 6.03 Å². The molecule has 0 radical (unpaired) electrons. The molecule has 5 heteroatoms. The Bertz CT molecular complexity index is 635. The second-order valence-electron chi connectivity index (χ2n) is 7.85. The summed E-state index contributed by atoms with van der Waals surface area (Å²) in [6.45, 7) is 3.39. The maximum Gasteiger partial charge on any atom is 0.321 e. The highest BCUT2D eigenvalue weighted by atomic mass is 16.2. The quantitative estimate of drug-likeness (QED) is 0.842. The number of unbranched alkanes of at least 4 members (excludes halogenated alkanes) is 1. The van der Waals surface area contributed by atoms with Crippen molar-refractivity contribution in [1.82, 2.24) is 10.2 Å². The Morgan fingerprint density at radius 3 is 2.50 bits per heavy atom. The number of carbonyl (C=O) groups excluding carboxylic acids is 2. The Morgan fingerprint density at radius 2 is 1.88 bits per heavy atom. The second kappa shape index (κ2) is 8.11. The molecule has 3 amide bonds. The van der Waals surface area contributed by atoms with Crippen molar-refractivity contribution < 1.29 is 9.59 Å². The van der Waals surface area contributed by atoms with Gasteiger partial charge in [-0.05, 0) is 43.4 Å². The highest BCUT2D eigenvalue weighted by Gasteiger charge is 2.52. The normalized spacial score (nSPS) is 21.2. The zero-order valence-electron chi connectivity index (χ0n) is 16.0. The van der Waals surface area contributed by atoms with Gasteiger partial charge in [0.25, 0.3) is 0 Å². The van der Waals surface area contributed by atoms with E-state index in [4.69, 9.17) is 0 Å². The minimum Gasteiger partial charge on any atom is -0.359 e. The average molecular weight is 357 g/mol. The maximum atomic E-state index is 12.8. The number of hydrogen-bond acceptors (Lipinski definition) is 2. The first kappa shape index (κ1) is 18.7. The number of carbonyl (C=O) groups is 2. The molecule has 0 unspecified atom stereocenters. The van der Waals surface area contributed by atoms with Crippen molar-refractivity contribution in [1.29, 1.82) is 0 Å². The Hall–Kier alpha value is -2.04. The highest BCUT2D eigenvalue weighted by Crippen LogP contribution is 2.49. The Kier molecular flexibility index (Phi) is 5.84. The lowest BCUT2D eigenvalue weighted by atomic mass is 9.76. The minimum atomic E-state index is -0.0935. The van der Waals surface area contributed by atoms with Crippen LogP contribution in [0.3, 0.4) is 0 Å². The van der Waals surface area contributed by atoms with Crippen LogP contribution < -0.4 is 10.6 Å². The van der Waals surface area contributed by atoms with E-state index in [0.717, 1.165) is 37.8 Å². The number of hydrogen-bond donors (Lipinski definition) is 2. The van der Waals surface area contributed by atoms with E-state index >= 15 is 0 Å². The summed E-state index contributed by atoms with van der Waals surface area (Å²) in [5.74, 6) is -0.0142. The van der Waals surface area contributed by atoms with Gasteiger partial charge in [-0.15, -0.1) is 0 Å². The molecule has 0 bridgehead atoms. The Labute approximate surface area is 156 Å². The molecule has 5 nitrogen and oxygen atoms in total. The van der Waals surface area contributed by atoms with E-state index in [2.05, 4.69) is 29.7 Å². The number of benzene rings is 1. The molecule has 0 aromatic heterocycles. The molecule has 26 heavy (non-hydrogen) atoms. The molecule has 2 fully saturated rings. The van der Waals surface area contributed by atoms with E-state index < -0.39 is 0 Å². The Morgan fingerprint density at radius 1 is 1.19 bits per heavy atom. The van der Waals surface area contributed by atoms with Crippen LogP contribution in [0.4, 0.5) is 10.5 Å². The molecule has 2 N–H and O–H groups in total. The molecule has 1 aliphatic heterocycles. The first-order chi connectivity index (χ1) is 12.6. The van der Waals surface area contributed by atoms with Crippen LogP contribution in [0.5, 0.6) is 0 Å². The van der Waals surface area contributed by atoms with E-state index in [1.165, 1.54) is 18.4 Å². The van der Waals surface area contributed by atoms with Crippen molar-refractivity contribution in [2.24, 2.45) is 11.3 Å². The minimum absolute atomic E-state index is 0.0263. The summed E-state index contributed by atoms with van der Waals surface area (Å²) in [6, 6.07) is 8.02. The van der Waals surface area contributed by atoms with E-state index in [1.54, 1.807) is 7.05 Å². The van der Waals surface area contributed by atoms with Crippen LogP contribution in [0, 0.1) is 11.3 Å². The third-order valence-electron chi connectivity index (χ3n) is 6.12. The number of nitrogens with one attached hydrogen (secondary N) is 2. The van der Waals surface area contributed by atoms with E-state index in [1.807, 2.05) is 17.0 Å². The van der Waals surface area contributed by atoms with Gasteiger partial charge in [0.05, 0.1) is 5.92 Å². The summed E-state index contributed by atoms with van der Waals surface area (Å²) < 4.78 is 0. The van der Waals surface area contributed by atoms with Crippen molar-refractivity contribution in [2.75, 3.05) is 25.5 Å². The molecule has 1 aliphatic carbocycles. The fraction of sp³-hybridized carbons (Fsp3) is 0.619. The third-order valence-corrected chi connectivity index (χ3v) is 6.12. The second-order valence-corrected chi connectivity index (χ2v) is 7.85. The summed E-state index contributed by atoms with van der Waals surface area (Å²) in [4.78, 5) is 26.9. The van der Waals surface area contributed by atoms with Crippen LogP contribution in [-0.4, -0.2) is 37.0 Å². The van der Waals surface area contributed by atoms with E-state index in [9.17, 15) is 9.59 Å². The fourth-order valence-corrected chi connectivity index (χ4v) is 4.58. The number of rotatable bonds is 5. The van der Waals surface area contributed by atoms with Gasteiger partial charge in [0, 0.05) is 31.2 Å². The van der Waals surface area contributed by atoms with Crippen LogP contribution in [0.1, 0.15) is 51.0 Å². The van der Waals surface area contributed by atoms with Gasteiger partial charge in [-0.1, -0.05) is 38.3 Å². The number of likely N-dealkylation sites (tertiary alicyclic amines) is 1. The number of nitrogens with zero attached hydrogens (tertiary/aromatic N) is 1. The predicted molar refractivity (Wildman–Crippen MR) is 104 cm³/mol. The predicted octanol–water partition coefficient (Wildman–Crippen LogP) is 3.80. The zero-order chi connectivity index (χ0) is 18.6. The summed E-state index contributed by atoms with van der Waals surface area (Å²) in [6.07, 6.45) is 7.84. The SMILES string of the molecule is CCCCc1ccc(NC(=O)N2C[C@@H](C(=O)NC)C3(CCCC3)C2)cc1. The summed E-state index contributed by atoms with van der Waals surface area (Å²) in [5.41, 5.74) is 2.09. The molecule has 1 saturated heterocycles. The standard InChI is InChI=1S/C21H31N3O2/c1-3-4-7-16-8-10-17(11-9-16)23-20(26)24-14-18(19(25)22-2)21(15-24)12-5-6-13-21/h8-11,18H,3-7,12-15H2,1-2H3,(H,22,25)(H,23,26)/t18-/m0/s1. The van der Waals surface area contributed by atoms with Crippen LogP contribution in [-0.2, 0) is 11.2 Å². The lowest BCUT2D eigenvalue weighted by molar-refractivity contribution is -0.127. The van der Waals surface area contributed by atoms with Gasteiger partial charge in [-0.25, -0.2) is 4.79 Å². The molecule has 1 saturated carbocycles. The first-order valence-electron chi connectivity index (χ1n) is 9.94. The molecule has 1 aromatic rings. The number of anilines is 1. The molecule has 1 heterocycles. The van der Waals surface area contributed by atoms with Gasteiger partial charge in [-0.2, -0.15) is 0 Å².